The average Bonchev–Trinajstić information content (AvgIpc) is 2.63. The highest BCUT2D eigenvalue weighted by molar-refractivity contribution is 6.05. The van der Waals surface area contributed by atoms with E-state index in [-0.39, 0.29) is 23.4 Å². The molecule has 1 aromatic rings. The zero-order valence-corrected chi connectivity index (χ0v) is 11.3. The lowest BCUT2D eigenvalue weighted by atomic mass is 9.83. The Balaban J connectivity index is 2.39. The van der Waals surface area contributed by atoms with Crippen molar-refractivity contribution >= 4 is 17.3 Å². The predicted molar refractivity (Wildman–Crippen MR) is 73.1 cm³/mol. The normalized spacial score (nSPS) is 19.2. The number of rotatable bonds is 4. The molecule has 102 valence electrons. The molecule has 1 N–H and O–H groups in total. The second-order valence-electron chi connectivity index (χ2n) is 5.57. The SMILES string of the molecule is CC(C)CC(C)C1C(=O)Nc2c1cccc2[N+](=O)[O-]. The van der Waals surface area contributed by atoms with E-state index in [0.29, 0.717) is 11.6 Å². The average molecular weight is 262 g/mol. The number of carbonyl (C=O) groups is 1. The van der Waals surface area contributed by atoms with Crippen molar-refractivity contribution in [2.75, 3.05) is 5.32 Å². The Morgan fingerprint density at radius 2 is 2.05 bits per heavy atom. The minimum Gasteiger partial charge on any atom is -0.320 e. The number of amides is 1. The summed E-state index contributed by atoms with van der Waals surface area (Å²) in [5.41, 5.74) is 1.11. The van der Waals surface area contributed by atoms with Crippen LogP contribution in [0.5, 0.6) is 0 Å². The van der Waals surface area contributed by atoms with E-state index in [1.807, 2.05) is 13.0 Å². The lowest BCUT2D eigenvalue weighted by molar-refractivity contribution is -0.383. The van der Waals surface area contributed by atoms with Crippen LogP contribution in [0.3, 0.4) is 0 Å². The van der Waals surface area contributed by atoms with Crippen LogP contribution in [0.4, 0.5) is 11.4 Å². The predicted octanol–water partition coefficient (Wildman–Crippen LogP) is 3.31. The van der Waals surface area contributed by atoms with Crippen LogP contribution < -0.4 is 5.32 Å². The van der Waals surface area contributed by atoms with Crippen LogP contribution >= 0.6 is 0 Å². The first-order valence-electron chi connectivity index (χ1n) is 6.50. The highest BCUT2D eigenvalue weighted by Crippen LogP contribution is 2.43. The Hall–Kier alpha value is -1.91. The van der Waals surface area contributed by atoms with Gasteiger partial charge in [0.2, 0.25) is 5.91 Å². The minimum absolute atomic E-state index is 0.0231. The third-order valence-corrected chi connectivity index (χ3v) is 3.55. The van der Waals surface area contributed by atoms with Gasteiger partial charge in [0.25, 0.3) is 5.69 Å². The Bertz CT molecular complexity index is 525. The summed E-state index contributed by atoms with van der Waals surface area (Å²) in [7, 11) is 0. The van der Waals surface area contributed by atoms with Crippen LogP contribution in [-0.4, -0.2) is 10.8 Å². The first kappa shape index (κ1) is 13.5. The number of para-hydroxylation sites is 1. The largest absolute Gasteiger partial charge is 0.320 e. The standard InChI is InChI=1S/C14H18N2O3/c1-8(2)7-9(3)12-10-5-4-6-11(16(18)19)13(10)15-14(12)17/h4-6,8-9,12H,7H2,1-3H3,(H,15,17). The van der Waals surface area contributed by atoms with Crippen LogP contribution in [0.15, 0.2) is 18.2 Å². The summed E-state index contributed by atoms with van der Waals surface area (Å²) in [6, 6.07) is 4.88. The molecule has 0 fully saturated rings. The number of anilines is 1. The van der Waals surface area contributed by atoms with E-state index in [1.54, 1.807) is 6.07 Å². The van der Waals surface area contributed by atoms with Crippen molar-refractivity contribution in [1.29, 1.82) is 0 Å². The molecular formula is C14H18N2O3. The fraction of sp³-hybridized carbons (Fsp3) is 0.500. The fourth-order valence-corrected chi connectivity index (χ4v) is 2.89. The van der Waals surface area contributed by atoms with Gasteiger partial charge < -0.3 is 5.32 Å². The molecule has 1 amide bonds. The second-order valence-corrected chi connectivity index (χ2v) is 5.57. The molecule has 0 saturated heterocycles. The quantitative estimate of drug-likeness (QED) is 0.668. The number of nitrogens with one attached hydrogen (secondary N) is 1. The molecule has 0 aliphatic carbocycles. The van der Waals surface area contributed by atoms with Gasteiger partial charge in [-0.15, -0.1) is 0 Å². The summed E-state index contributed by atoms with van der Waals surface area (Å²) in [5.74, 6) is 0.253. The van der Waals surface area contributed by atoms with Gasteiger partial charge in [0.15, 0.2) is 0 Å². The van der Waals surface area contributed by atoms with Crippen LogP contribution in [0.1, 0.15) is 38.7 Å². The summed E-state index contributed by atoms with van der Waals surface area (Å²) in [5, 5.41) is 13.6. The summed E-state index contributed by atoms with van der Waals surface area (Å²) in [6.07, 6.45) is 0.917. The van der Waals surface area contributed by atoms with Crippen molar-refractivity contribution in [3.8, 4) is 0 Å². The van der Waals surface area contributed by atoms with E-state index >= 15 is 0 Å². The van der Waals surface area contributed by atoms with Crippen LogP contribution in [0.25, 0.3) is 0 Å². The molecule has 1 aliphatic rings. The van der Waals surface area contributed by atoms with Crippen molar-refractivity contribution in [2.24, 2.45) is 11.8 Å². The minimum atomic E-state index is -0.450. The molecule has 0 aromatic heterocycles. The number of hydrogen-bond acceptors (Lipinski definition) is 3. The first-order valence-corrected chi connectivity index (χ1v) is 6.50. The summed E-state index contributed by atoms with van der Waals surface area (Å²) >= 11 is 0. The van der Waals surface area contributed by atoms with Crippen molar-refractivity contribution in [3.05, 3.63) is 33.9 Å². The number of nitrogens with zero attached hydrogens (tertiary/aromatic N) is 1. The van der Waals surface area contributed by atoms with Gasteiger partial charge in [-0.1, -0.05) is 32.9 Å². The molecule has 2 rings (SSSR count). The maximum absolute atomic E-state index is 12.1. The molecule has 0 bridgehead atoms. The van der Waals surface area contributed by atoms with Crippen molar-refractivity contribution in [3.63, 3.8) is 0 Å². The van der Waals surface area contributed by atoms with E-state index in [9.17, 15) is 14.9 Å². The first-order chi connectivity index (χ1) is 8.91. The lowest BCUT2D eigenvalue weighted by Gasteiger charge is -2.19. The van der Waals surface area contributed by atoms with Crippen LogP contribution in [0.2, 0.25) is 0 Å². The zero-order chi connectivity index (χ0) is 14.2. The fourth-order valence-electron chi connectivity index (χ4n) is 2.89. The van der Waals surface area contributed by atoms with Gasteiger partial charge in [-0.2, -0.15) is 0 Å². The van der Waals surface area contributed by atoms with E-state index < -0.39 is 4.92 Å². The molecule has 2 atom stereocenters. The number of fused-ring (bicyclic) bond motifs is 1. The maximum atomic E-state index is 12.1. The molecule has 1 aliphatic heterocycles. The Kier molecular flexibility index (Phi) is 3.55. The number of carbonyl (C=O) groups excluding carboxylic acids is 1. The highest BCUT2D eigenvalue weighted by atomic mass is 16.6. The van der Waals surface area contributed by atoms with Crippen LogP contribution in [0, 0.1) is 22.0 Å². The summed E-state index contributed by atoms with van der Waals surface area (Å²) in [4.78, 5) is 22.6. The lowest BCUT2D eigenvalue weighted by Crippen LogP contribution is -2.20. The highest BCUT2D eigenvalue weighted by Gasteiger charge is 2.38. The van der Waals surface area contributed by atoms with E-state index in [4.69, 9.17) is 0 Å². The second kappa shape index (κ2) is 4.99. The van der Waals surface area contributed by atoms with Crippen LogP contribution in [-0.2, 0) is 4.79 Å². The molecular weight excluding hydrogens is 244 g/mol. The molecule has 5 heteroatoms. The smallest absolute Gasteiger partial charge is 0.293 e. The van der Waals surface area contributed by atoms with Gasteiger partial charge in [-0.25, -0.2) is 0 Å². The Labute approximate surface area is 112 Å². The number of hydrogen-bond donors (Lipinski definition) is 1. The third kappa shape index (κ3) is 2.45. The zero-order valence-electron chi connectivity index (χ0n) is 11.3. The van der Waals surface area contributed by atoms with Gasteiger partial charge in [-0.05, 0) is 23.8 Å². The van der Waals surface area contributed by atoms with E-state index in [0.717, 1.165) is 12.0 Å². The topological polar surface area (TPSA) is 72.2 Å². The number of benzene rings is 1. The van der Waals surface area contributed by atoms with Crippen molar-refractivity contribution in [1.82, 2.24) is 0 Å². The monoisotopic (exact) mass is 262 g/mol. The molecule has 19 heavy (non-hydrogen) atoms. The van der Waals surface area contributed by atoms with Gasteiger partial charge >= 0.3 is 0 Å². The Morgan fingerprint density at radius 1 is 1.37 bits per heavy atom. The number of nitro groups is 1. The van der Waals surface area contributed by atoms with Gasteiger partial charge in [0.1, 0.15) is 5.69 Å². The molecule has 0 saturated carbocycles. The molecule has 2 unspecified atom stereocenters. The third-order valence-electron chi connectivity index (χ3n) is 3.55. The summed E-state index contributed by atoms with van der Waals surface area (Å²) < 4.78 is 0. The van der Waals surface area contributed by atoms with E-state index in [2.05, 4.69) is 19.2 Å². The molecule has 5 nitrogen and oxygen atoms in total. The van der Waals surface area contributed by atoms with Gasteiger partial charge in [0, 0.05) is 6.07 Å². The molecule has 0 spiro atoms. The summed E-state index contributed by atoms with van der Waals surface area (Å²) in [6.45, 7) is 6.24. The number of nitro benzene ring substituents is 1. The van der Waals surface area contributed by atoms with E-state index in [1.165, 1.54) is 6.07 Å². The van der Waals surface area contributed by atoms with Gasteiger partial charge in [-0.3, -0.25) is 14.9 Å². The van der Waals surface area contributed by atoms with Gasteiger partial charge in [0.05, 0.1) is 10.8 Å². The molecule has 1 heterocycles. The van der Waals surface area contributed by atoms with Crippen molar-refractivity contribution < 1.29 is 9.72 Å². The van der Waals surface area contributed by atoms with Crippen molar-refractivity contribution in [2.45, 2.75) is 33.1 Å². The molecule has 1 aromatic carbocycles. The Morgan fingerprint density at radius 3 is 2.63 bits per heavy atom. The maximum Gasteiger partial charge on any atom is 0.293 e. The molecule has 0 radical (unpaired) electrons.